The van der Waals surface area contributed by atoms with Crippen LogP contribution in [0.3, 0.4) is 0 Å². The van der Waals surface area contributed by atoms with E-state index < -0.39 is 0 Å². The van der Waals surface area contributed by atoms with Gasteiger partial charge in [0, 0.05) is 17.2 Å². The van der Waals surface area contributed by atoms with Crippen LogP contribution >= 0.6 is 39.0 Å². The molecule has 0 aliphatic carbocycles. The minimum absolute atomic E-state index is 0.650. The van der Waals surface area contributed by atoms with Crippen LogP contribution in [0.5, 0.6) is 5.75 Å². The van der Waals surface area contributed by atoms with Crippen LogP contribution < -0.4 is 4.74 Å². The first kappa shape index (κ1) is 17.3. The molecule has 0 unspecified atom stereocenters. The van der Waals surface area contributed by atoms with Gasteiger partial charge in [-0.3, -0.25) is 4.57 Å². The third kappa shape index (κ3) is 3.74. The Balaban J connectivity index is 1.91. The largest absolute Gasteiger partial charge is 0.496 e. The molecule has 7 heteroatoms. The topological polar surface area (TPSA) is 39.9 Å². The van der Waals surface area contributed by atoms with Gasteiger partial charge in [-0.1, -0.05) is 30.0 Å². The zero-order valence-electron chi connectivity index (χ0n) is 13.1. The average molecular weight is 422 g/mol. The van der Waals surface area contributed by atoms with E-state index in [9.17, 15) is 0 Å². The number of methoxy groups -OCH3 is 1. The van der Waals surface area contributed by atoms with E-state index in [2.05, 4.69) is 49.4 Å². The second kappa shape index (κ2) is 8.00. The van der Waals surface area contributed by atoms with E-state index in [1.54, 1.807) is 30.2 Å². The molecule has 0 aliphatic rings. The van der Waals surface area contributed by atoms with Gasteiger partial charge in [0.05, 0.1) is 16.5 Å². The van der Waals surface area contributed by atoms with Crippen molar-refractivity contribution in [3.05, 3.63) is 57.7 Å². The molecule has 1 aromatic carbocycles. The van der Waals surface area contributed by atoms with Gasteiger partial charge in [-0.15, -0.1) is 28.1 Å². The number of aromatic nitrogens is 3. The molecule has 124 valence electrons. The Morgan fingerprint density at radius 3 is 2.83 bits per heavy atom. The van der Waals surface area contributed by atoms with Gasteiger partial charge in [0.2, 0.25) is 0 Å². The molecule has 0 spiro atoms. The molecule has 3 aromatic rings. The Hall–Kier alpha value is -1.57. The number of rotatable bonds is 7. The van der Waals surface area contributed by atoms with Crippen molar-refractivity contribution >= 4 is 39.0 Å². The molecule has 0 N–H and O–H groups in total. The number of nitrogens with zero attached hydrogens (tertiary/aromatic N) is 3. The monoisotopic (exact) mass is 421 g/mol. The minimum atomic E-state index is 0.650. The standard InChI is InChI=1S/C17H16BrN3OS2/c1-3-10-21-16(13-6-4-5-7-14(13)22-2)19-20-17(21)23-11-12-8-9-15(18)24-12/h3-9H,1,10-11H2,2H3. The Morgan fingerprint density at radius 1 is 1.29 bits per heavy atom. The number of allylic oxidation sites excluding steroid dienone is 1. The Bertz CT molecular complexity index is 844. The lowest BCUT2D eigenvalue weighted by Crippen LogP contribution is -2.01. The predicted molar refractivity (Wildman–Crippen MR) is 104 cm³/mol. The summed E-state index contributed by atoms with van der Waals surface area (Å²) in [6.45, 7) is 4.50. The van der Waals surface area contributed by atoms with Gasteiger partial charge in [0.1, 0.15) is 5.75 Å². The molecule has 0 amide bonds. The first-order chi connectivity index (χ1) is 11.7. The van der Waals surface area contributed by atoms with Crippen molar-refractivity contribution in [2.24, 2.45) is 0 Å². The lowest BCUT2D eigenvalue weighted by molar-refractivity contribution is 0.416. The maximum atomic E-state index is 5.46. The van der Waals surface area contributed by atoms with E-state index in [0.717, 1.165) is 31.8 Å². The second-order valence-electron chi connectivity index (χ2n) is 4.90. The van der Waals surface area contributed by atoms with E-state index in [0.29, 0.717) is 6.54 Å². The van der Waals surface area contributed by atoms with E-state index in [4.69, 9.17) is 4.74 Å². The highest BCUT2D eigenvalue weighted by Crippen LogP contribution is 2.33. The number of hydrogen-bond donors (Lipinski definition) is 0. The van der Waals surface area contributed by atoms with Crippen LogP contribution in [0.25, 0.3) is 11.4 Å². The van der Waals surface area contributed by atoms with E-state index in [-0.39, 0.29) is 0 Å². The molecule has 0 aliphatic heterocycles. The van der Waals surface area contributed by atoms with Crippen LogP contribution in [0.4, 0.5) is 0 Å². The number of hydrogen-bond acceptors (Lipinski definition) is 5. The predicted octanol–water partition coefficient (Wildman–Crippen LogP) is 5.26. The normalized spacial score (nSPS) is 10.8. The van der Waals surface area contributed by atoms with Crippen LogP contribution in [0.2, 0.25) is 0 Å². The van der Waals surface area contributed by atoms with Crippen molar-refractivity contribution in [1.82, 2.24) is 14.8 Å². The summed E-state index contributed by atoms with van der Waals surface area (Å²) in [5.74, 6) is 2.44. The summed E-state index contributed by atoms with van der Waals surface area (Å²) in [6.07, 6.45) is 1.86. The number of para-hydroxylation sites is 1. The molecular formula is C17H16BrN3OS2. The molecule has 0 fully saturated rings. The Labute approximate surface area is 157 Å². The lowest BCUT2D eigenvalue weighted by atomic mass is 10.2. The van der Waals surface area contributed by atoms with Crippen molar-refractivity contribution in [3.63, 3.8) is 0 Å². The van der Waals surface area contributed by atoms with Crippen LogP contribution in [0.1, 0.15) is 4.88 Å². The number of ether oxygens (including phenoxy) is 1. The lowest BCUT2D eigenvalue weighted by Gasteiger charge is -2.10. The third-order valence-corrected chi connectivity index (χ3v) is 6.17. The van der Waals surface area contributed by atoms with Gasteiger partial charge in [-0.25, -0.2) is 0 Å². The van der Waals surface area contributed by atoms with Gasteiger partial charge in [0.25, 0.3) is 0 Å². The van der Waals surface area contributed by atoms with Crippen molar-refractivity contribution in [1.29, 1.82) is 0 Å². The maximum Gasteiger partial charge on any atom is 0.192 e. The number of thioether (sulfide) groups is 1. The summed E-state index contributed by atoms with van der Waals surface area (Å²) in [4.78, 5) is 1.29. The summed E-state index contributed by atoms with van der Waals surface area (Å²) in [7, 11) is 1.66. The van der Waals surface area contributed by atoms with Crippen molar-refractivity contribution in [2.45, 2.75) is 17.5 Å². The summed E-state index contributed by atoms with van der Waals surface area (Å²) < 4.78 is 8.66. The first-order valence-corrected chi connectivity index (χ1v) is 9.87. The Kier molecular flexibility index (Phi) is 5.76. The van der Waals surface area contributed by atoms with Crippen LogP contribution in [0, 0.1) is 0 Å². The molecule has 4 nitrogen and oxygen atoms in total. The van der Waals surface area contributed by atoms with E-state index >= 15 is 0 Å². The molecule has 0 atom stereocenters. The van der Waals surface area contributed by atoms with Crippen LogP contribution in [-0.4, -0.2) is 21.9 Å². The SMILES string of the molecule is C=CCn1c(SCc2ccc(Br)s2)nnc1-c1ccccc1OC. The van der Waals surface area contributed by atoms with Crippen LogP contribution in [-0.2, 0) is 12.3 Å². The highest BCUT2D eigenvalue weighted by molar-refractivity contribution is 9.11. The molecule has 0 saturated heterocycles. The molecule has 3 rings (SSSR count). The average Bonchev–Trinajstić information content (AvgIpc) is 3.19. The quantitative estimate of drug-likeness (QED) is 0.385. The zero-order chi connectivity index (χ0) is 16.9. The summed E-state index contributed by atoms with van der Waals surface area (Å²) in [6, 6.07) is 12.0. The fourth-order valence-corrected chi connectivity index (χ4v) is 4.76. The third-order valence-electron chi connectivity index (χ3n) is 3.35. The smallest absolute Gasteiger partial charge is 0.192 e. The molecule has 2 heterocycles. The number of benzene rings is 1. The molecule has 0 saturated carbocycles. The fourth-order valence-electron chi connectivity index (χ4n) is 2.28. The zero-order valence-corrected chi connectivity index (χ0v) is 16.3. The van der Waals surface area contributed by atoms with Gasteiger partial charge >= 0.3 is 0 Å². The van der Waals surface area contributed by atoms with Crippen molar-refractivity contribution in [2.75, 3.05) is 7.11 Å². The van der Waals surface area contributed by atoms with E-state index in [1.165, 1.54) is 4.88 Å². The second-order valence-corrected chi connectivity index (χ2v) is 8.39. The summed E-state index contributed by atoms with van der Waals surface area (Å²) in [5.41, 5.74) is 0.931. The maximum absolute atomic E-state index is 5.46. The molecule has 2 aromatic heterocycles. The molecule has 24 heavy (non-hydrogen) atoms. The molecule has 0 bridgehead atoms. The van der Waals surface area contributed by atoms with Gasteiger partial charge < -0.3 is 4.74 Å². The molecular weight excluding hydrogens is 406 g/mol. The number of halogens is 1. The van der Waals surface area contributed by atoms with Crippen molar-refractivity contribution < 1.29 is 4.74 Å². The van der Waals surface area contributed by atoms with E-state index in [1.807, 2.05) is 30.3 Å². The minimum Gasteiger partial charge on any atom is -0.496 e. The van der Waals surface area contributed by atoms with Gasteiger partial charge in [0.15, 0.2) is 11.0 Å². The highest BCUT2D eigenvalue weighted by atomic mass is 79.9. The first-order valence-electron chi connectivity index (χ1n) is 7.27. The number of thiophene rings is 1. The van der Waals surface area contributed by atoms with Gasteiger partial charge in [-0.2, -0.15) is 0 Å². The summed E-state index contributed by atoms with van der Waals surface area (Å²) >= 11 is 6.90. The van der Waals surface area contributed by atoms with Gasteiger partial charge in [-0.05, 0) is 40.2 Å². The van der Waals surface area contributed by atoms with Crippen LogP contribution in [0.15, 0.2) is 58.0 Å². The summed E-state index contributed by atoms with van der Waals surface area (Å²) in [5, 5.41) is 9.64. The molecule has 0 radical (unpaired) electrons. The highest BCUT2D eigenvalue weighted by Gasteiger charge is 2.16. The Morgan fingerprint density at radius 2 is 2.12 bits per heavy atom. The fraction of sp³-hybridized carbons (Fsp3) is 0.176. The van der Waals surface area contributed by atoms with Crippen molar-refractivity contribution in [3.8, 4) is 17.1 Å².